The van der Waals surface area contributed by atoms with E-state index < -0.39 is 71.4 Å². The minimum atomic E-state index is -1.55. The first kappa shape index (κ1) is 30.3. The molecular weight excluding hydrogens is 559 g/mol. The molecule has 0 unspecified atom stereocenters. The summed E-state index contributed by atoms with van der Waals surface area (Å²) >= 11 is 0. The molecule has 42 heavy (non-hydrogen) atoms. The number of carbonyl (C=O) groups is 4. The molecule has 2 aromatic carbocycles. The molecule has 1 aliphatic heterocycles. The van der Waals surface area contributed by atoms with E-state index in [-0.39, 0.29) is 39.0 Å². The van der Waals surface area contributed by atoms with E-state index in [9.17, 15) is 37.5 Å². The molecule has 0 spiro atoms. The van der Waals surface area contributed by atoms with Gasteiger partial charge in [-0.1, -0.05) is 36.4 Å². The SMILES string of the molecule is CC/C=C/c1c(F)cc(F)c(F)c1OCC(=O)[C@H](CC(=O)O)NC(=O)C1CCN(C(=O)c2noc3ccccc23)CC1.[HH]. The summed E-state index contributed by atoms with van der Waals surface area (Å²) < 4.78 is 52.9. The zero-order valence-electron chi connectivity index (χ0n) is 22.6. The number of aromatic nitrogens is 1. The van der Waals surface area contributed by atoms with Crippen molar-refractivity contribution in [2.45, 2.75) is 38.6 Å². The number of hydrogen-bond donors (Lipinski definition) is 2. The number of aliphatic carboxylic acids is 1. The van der Waals surface area contributed by atoms with Gasteiger partial charge in [-0.05, 0) is 31.4 Å². The Balaban J connectivity index is 0.00000506. The maximum Gasteiger partial charge on any atom is 0.305 e. The van der Waals surface area contributed by atoms with E-state index in [1.165, 1.54) is 17.1 Å². The van der Waals surface area contributed by atoms with Crippen molar-refractivity contribution in [1.82, 2.24) is 15.4 Å². The van der Waals surface area contributed by atoms with Gasteiger partial charge in [0.15, 0.2) is 28.6 Å². The lowest BCUT2D eigenvalue weighted by molar-refractivity contribution is -0.141. The maximum absolute atomic E-state index is 14.4. The summed E-state index contributed by atoms with van der Waals surface area (Å²) in [5.74, 6) is -8.94. The molecule has 10 nitrogen and oxygen atoms in total. The predicted molar refractivity (Wildman–Crippen MR) is 145 cm³/mol. The van der Waals surface area contributed by atoms with Gasteiger partial charge in [-0.15, -0.1) is 0 Å². The molecule has 4 rings (SSSR count). The van der Waals surface area contributed by atoms with Gasteiger partial charge in [-0.3, -0.25) is 19.2 Å². The summed E-state index contributed by atoms with van der Waals surface area (Å²) in [4.78, 5) is 51.7. The van der Waals surface area contributed by atoms with Crippen LogP contribution in [0.15, 0.2) is 40.9 Å². The molecule has 2 heterocycles. The van der Waals surface area contributed by atoms with E-state index in [2.05, 4.69) is 10.5 Å². The fraction of sp³-hybridized carbons (Fsp3) is 0.345. The maximum atomic E-state index is 14.4. The summed E-state index contributed by atoms with van der Waals surface area (Å²) in [6.07, 6.45) is 2.78. The Hall–Kier alpha value is -4.68. The Morgan fingerprint density at radius 3 is 2.60 bits per heavy atom. The van der Waals surface area contributed by atoms with Crippen molar-refractivity contribution < 1.29 is 48.1 Å². The van der Waals surface area contributed by atoms with E-state index in [0.717, 1.165) is 0 Å². The molecule has 1 aliphatic rings. The average Bonchev–Trinajstić information content (AvgIpc) is 3.41. The topological polar surface area (TPSA) is 139 Å². The number of rotatable bonds is 11. The summed E-state index contributed by atoms with van der Waals surface area (Å²) in [7, 11) is 0. The van der Waals surface area contributed by atoms with Crippen LogP contribution in [0.2, 0.25) is 0 Å². The highest BCUT2D eigenvalue weighted by atomic mass is 19.2. The summed E-state index contributed by atoms with van der Waals surface area (Å²) in [6, 6.07) is 5.70. The molecule has 0 saturated carbocycles. The predicted octanol–water partition coefficient (Wildman–Crippen LogP) is 4.37. The number of carboxylic acid groups (broad SMARTS) is 1. The van der Waals surface area contributed by atoms with Crippen LogP contribution in [0.4, 0.5) is 13.2 Å². The van der Waals surface area contributed by atoms with Crippen molar-refractivity contribution >= 4 is 40.6 Å². The highest BCUT2D eigenvalue weighted by Gasteiger charge is 2.33. The first-order valence-corrected chi connectivity index (χ1v) is 13.3. The number of para-hydroxylation sites is 1. The number of amides is 2. The number of carboxylic acids is 1. The van der Waals surface area contributed by atoms with Crippen molar-refractivity contribution in [3.63, 3.8) is 0 Å². The number of likely N-dealkylation sites (tertiary alicyclic amines) is 1. The second-order valence-electron chi connectivity index (χ2n) is 9.72. The Morgan fingerprint density at radius 2 is 1.90 bits per heavy atom. The van der Waals surface area contributed by atoms with Gasteiger partial charge >= 0.3 is 5.97 Å². The summed E-state index contributed by atoms with van der Waals surface area (Å²) in [5.41, 5.74) is 0.207. The van der Waals surface area contributed by atoms with Crippen LogP contribution >= 0.6 is 0 Å². The van der Waals surface area contributed by atoms with Crippen LogP contribution in [0.3, 0.4) is 0 Å². The molecule has 13 heteroatoms. The van der Waals surface area contributed by atoms with E-state index in [1.54, 1.807) is 31.2 Å². The fourth-order valence-electron chi connectivity index (χ4n) is 4.61. The smallest absolute Gasteiger partial charge is 0.305 e. The monoisotopic (exact) mass is 589 g/mol. The number of carbonyl (C=O) groups excluding carboxylic acids is 3. The Kier molecular flexibility index (Phi) is 9.60. The number of ketones is 1. The number of nitrogens with one attached hydrogen (secondary N) is 1. The molecule has 1 saturated heterocycles. The lowest BCUT2D eigenvalue weighted by Crippen LogP contribution is -2.49. The van der Waals surface area contributed by atoms with Crippen molar-refractivity contribution in [3.05, 3.63) is 65.1 Å². The Bertz CT molecular complexity index is 1540. The Labute approximate surface area is 239 Å². The number of benzene rings is 2. The average molecular weight is 590 g/mol. The molecule has 2 amide bonds. The number of halogens is 3. The number of ether oxygens (including phenoxy) is 1. The van der Waals surface area contributed by atoms with Crippen LogP contribution in [0.25, 0.3) is 17.0 Å². The normalized spacial score (nSPS) is 14.7. The van der Waals surface area contributed by atoms with Crippen LogP contribution in [-0.4, -0.2) is 64.5 Å². The van der Waals surface area contributed by atoms with Gasteiger partial charge in [0.05, 0.1) is 17.4 Å². The molecule has 0 bridgehead atoms. The van der Waals surface area contributed by atoms with Crippen LogP contribution in [0.5, 0.6) is 5.75 Å². The number of nitrogens with zero attached hydrogens (tertiary/aromatic N) is 2. The first-order chi connectivity index (χ1) is 20.1. The van der Waals surface area contributed by atoms with Gasteiger partial charge in [0.25, 0.3) is 5.91 Å². The molecule has 1 aromatic heterocycles. The number of piperidine rings is 1. The zero-order chi connectivity index (χ0) is 30.4. The first-order valence-electron chi connectivity index (χ1n) is 13.3. The molecule has 3 aromatic rings. The third-order valence-corrected chi connectivity index (χ3v) is 6.86. The lowest BCUT2D eigenvalue weighted by atomic mass is 9.94. The quantitative estimate of drug-likeness (QED) is 0.315. The highest BCUT2D eigenvalue weighted by molar-refractivity contribution is 6.04. The minimum absolute atomic E-state index is 0. The lowest BCUT2D eigenvalue weighted by Gasteiger charge is -2.31. The van der Waals surface area contributed by atoms with Crippen LogP contribution in [0.1, 0.15) is 50.1 Å². The highest BCUT2D eigenvalue weighted by Crippen LogP contribution is 2.30. The zero-order valence-corrected chi connectivity index (χ0v) is 22.6. The van der Waals surface area contributed by atoms with Gasteiger partial charge in [0.2, 0.25) is 11.7 Å². The van der Waals surface area contributed by atoms with Gasteiger partial charge in [-0.2, -0.15) is 4.39 Å². The third kappa shape index (κ3) is 6.78. The molecule has 224 valence electrons. The van der Waals surface area contributed by atoms with Crippen LogP contribution < -0.4 is 10.1 Å². The van der Waals surface area contributed by atoms with E-state index >= 15 is 0 Å². The molecule has 0 aliphatic carbocycles. The van der Waals surface area contributed by atoms with Crippen molar-refractivity contribution in [2.75, 3.05) is 19.7 Å². The van der Waals surface area contributed by atoms with Crippen molar-refractivity contribution in [2.24, 2.45) is 5.92 Å². The summed E-state index contributed by atoms with van der Waals surface area (Å²) in [5, 5.41) is 16.1. The van der Waals surface area contributed by atoms with Crippen LogP contribution in [0, 0.1) is 23.4 Å². The van der Waals surface area contributed by atoms with Crippen LogP contribution in [-0.2, 0) is 14.4 Å². The number of hydrogen-bond acceptors (Lipinski definition) is 7. The van der Waals surface area contributed by atoms with Gasteiger partial charge in [0.1, 0.15) is 18.5 Å². The van der Waals surface area contributed by atoms with Gasteiger partial charge < -0.3 is 24.6 Å². The van der Waals surface area contributed by atoms with E-state index in [1.807, 2.05) is 0 Å². The molecule has 1 fully saturated rings. The van der Waals surface area contributed by atoms with E-state index in [4.69, 9.17) is 9.26 Å². The Morgan fingerprint density at radius 1 is 1.19 bits per heavy atom. The second kappa shape index (κ2) is 13.3. The molecule has 2 N–H and O–H groups in total. The molecular formula is C29H30F3N3O7. The standard InChI is InChI=1S/C29H28F3N3O7.H2/c1-2-3-6-17-19(30)13-20(31)25(32)27(17)41-15-22(36)21(14-24(37)38)33-28(39)16-9-11-35(12-10-16)29(40)26-18-7-4-5-8-23(18)42-34-26;/h3-8,13,16,21H,2,9-12,14-15H2,1H3,(H,33,39)(H,37,38);1H/b6-3+;/t21-;/m0./s1. The van der Waals surface area contributed by atoms with Crippen molar-refractivity contribution in [1.29, 1.82) is 0 Å². The third-order valence-electron chi connectivity index (χ3n) is 6.86. The van der Waals surface area contributed by atoms with Gasteiger partial charge in [0, 0.05) is 26.5 Å². The number of allylic oxidation sites excluding steroid dienone is 1. The van der Waals surface area contributed by atoms with Crippen molar-refractivity contribution in [3.8, 4) is 5.75 Å². The van der Waals surface area contributed by atoms with Gasteiger partial charge in [-0.25, -0.2) is 8.78 Å². The fourth-order valence-corrected chi connectivity index (χ4v) is 4.61. The molecule has 0 radical (unpaired) electrons. The number of Topliss-reactive ketones (excluding diaryl/α,β-unsaturated/α-hetero) is 1. The molecule has 1 atom stereocenters. The second-order valence-corrected chi connectivity index (χ2v) is 9.72. The minimum Gasteiger partial charge on any atom is -0.482 e. The largest absolute Gasteiger partial charge is 0.482 e. The van der Waals surface area contributed by atoms with E-state index in [0.29, 0.717) is 23.5 Å². The number of fused-ring (bicyclic) bond motifs is 1. The summed E-state index contributed by atoms with van der Waals surface area (Å²) in [6.45, 7) is 1.19.